The number of rotatable bonds is 5. The van der Waals surface area contributed by atoms with E-state index in [1.54, 1.807) is 0 Å². The highest BCUT2D eigenvalue weighted by atomic mass is 19.4. The van der Waals surface area contributed by atoms with Crippen LogP contribution in [0.25, 0.3) is 0 Å². The molecule has 2 rings (SSSR count). The van der Waals surface area contributed by atoms with E-state index in [4.69, 9.17) is 5.41 Å². The van der Waals surface area contributed by atoms with Crippen molar-refractivity contribution in [2.75, 3.05) is 5.32 Å². The van der Waals surface area contributed by atoms with Crippen LogP contribution in [0.1, 0.15) is 28.4 Å². The molecule has 30 heavy (non-hydrogen) atoms. The zero-order valence-electron chi connectivity index (χ0n) is 15.1. The lowest BCUT2D eigenvalue weighted by Gasteiger charge is -2.18. The molecule has 0 aliphatic heterocycles. The number of nitrogens with one attached hydrogen (secondary N) is 3. The fourth-order valence-corrected chi connectivity index (χ4v) is 2.23. The van der Waals surface area contributed by atoms with Gasteiger partial charge in [-0.3, -0.25) is 10.2 Å². The maximum Gasteiger partial charge on any atom is 0.416 e. The summed E-state index contributed by atoms with van der Waals surface area (Å²) in [4.78, 5) is 23.7. The summed E-state index contributed by atoms with van der Waals surface area (Å²) in [7, 11) is 0. The van der Waals surface area contributed by atoms with Gasteiger partial charge in [-0.25, -0.2) is 15.0 Å². The van der Waals surface area contributed by atoms with E-state index in [0.29, 0.717) is 18.5 Å². The van der Waals surface area contributed by atoms with Gasteiger partial charge in [-0.15, -0.1) is 0 Å². The second-order valence-electron chi connectivity index (χ2n) is 5.83. The van der Waals surface area contributed by atoms with Crippen LogP contribution in [0.5, 0.6) is 0 Å². The monoisotopic (exact) mass is 432 g/mol. The molecule has 1 aromatic heterocycles. The Morgan fingerprint density at radius 3 is 2.07 bits per heavy atom. The molecule has 0 aliphatic rings. The predicted octanol–water partition coefficient (Wildman–Crippen LogP) is 3.75. The summed E-state index contributed by atoms with van der Waals surface area (Å²) < 4.78 is 77.8. The number of aromatic nitrogens is 2. The third-order valence-electron chi connectivity index (χ3n) is 3.62. The van der Waals surface area contributed by atoms with Gasteiger partial charge in [-0.05, 0) is 31.2 Å². The van der Waals surface area contributed by atoms with Gasteiger partial charge in [-0.2, -0.15) is 26.3 Å². The Morgan fingerprint density at radius 1 is 1.07 bits per heavy atom. The number of hydrogen-bond acceptors (Lipinski definition) is 4. The number of carbonyl (C=O) groups is 1. The van der Waals surface area contributed by atoms with E-state index in [-0.39, 0.29) is 17.9 Å². The summed E-state index contributed by atoms with van der Waals surface area (Å²) in [5, 5.41) is 11.9. The molecule has 1 aromatic carbocycles. The maximum atomic E-state index is 13.0. The molecule has 0 unspecified atom stereocenters. The SMILES string of the molecule is C[C@H](NC(=O)c1cc(C(F)(F)F)cc(C(F)(F)F)c1)/C(=N/C=N)Nc1ncccn1. The summed E-state index contributed by atoms with van der Waals surface area (Å²) >= 11 is 0. The van der Waals surface area contributed by atoms with E-state index < -0.39 is 41.0 Å². The normalized spacial score (nSPS) is 13.5. The van der Waals surface area contributed by atoms with Gasteiger partial charge in [-0.1, -0.05) is 0 Å². The van der Waals surface area contributed by atoms with Crippen LogP contribution in [0.15, 0.2) is 41.7 Å². The zero-order valence-corrected chi connectivity index (χ0v) is 15.1. The minimum absolute atomic E-state index is 0.0534. The number of halogens is 6. The number of aliphatic imine (C=N–C) groups is 1. The number of hydrogen-bond donors (Lipinski definition) is 3. The number of benzene rings is 1. The maximum absolute atomic E-state index is 13.0. The van der Waals surface area contributed by atoms with Gasteiger partial charge in [0.1, 0.15) is 12.2 Å². The molecule has 0 spiro atoms. The van der Waals surface area contributed by atoms with E-state index in [0.717, 1.165) is 0 Å². The van der Waals surface area contributed by atoms with Crippen molar-refractivity contribution in [3.8, 4) is 0 Å². The van der Waals surface area contributed by atoms with Crippen LogP contribution < -0.4 is 10.6 Å². The van der Waals surface area contributed by atoms with Gasteiger partial charge in [0, 0.05) is 18.0 Å². The summed E-state index contributed by atoms with van der Waals surface area (Å²) in [6, 6.07) is 1.05. The van der Waals surface area contributed by atoms with E-state index >= 15 is 0 Å². The minimum Gasteiger partial charge on any atom is -0.342 e. The van der Waals surface area contributed by atoms with Crippen LogP contribution in [0.2, 0.25) is 0 Å². The van der Waals surface area contributed by atoms with Gasteiger partial charge in [0.05, 0.1) is 17.2 Å². The Balaban J connectivity index is 2.30. The van der Waals surface area contributed by atoms with Crippen molar-refractivity contribution in [2.24, 2.45) is 4.99 Å². The second kappa shape index (κ2) is 8.88. The van der Waals surface area contributed by atoms with Gasteiger partial charge < -0.3 is 10.6 Å². The molecular formula is C17H14F6N6O. The van der Waals surface area contributed by atoms with E-state index in [1.807, 2.05) is 0 Å². The highest BCUT2D eigenvalue weighted by Crippen LogP contribution is 2.36. The van der Waals surface area contributed by atoms with Crippen molar-refractivity contribution < 1.29 is 31.1 Å². The van der Waals surface area contributed by atoms with Crippen LogP contribution in [0, 0.1) is 5.41 Å². The average Bonchev–Trinajstić information content (AvgIpc) is 2.66. The summed E-state index contributed by atoms with van der Waals surface area (Å²) in [5.74, 6) is -1.21. The van der Waals surface area contributed by atoms with Crippen LogP contribution in [-0.2, 0) is 12.4 Å². The molecule has 3 N–H and O–H groups in total. The first kappa shape index (κ1) is 22.8. The van der Waals surface area contributed by atoms with Crippen LogP contribution >= 0.6 is 0 Å². The molecule has 0 aliphatic carbocycles. The quantitative estimate of drug-likeness (QED) is 0.380. The lowest BCUT2D eigenvalue weighted by molar-refractivity contribution is -0.143. The molecule has 0 saturated heterocycles. The molecule has 1 amide bonds. The molecule has 160 valence electrons. The third-order valence-corrected chi connectivity index (χ3v) is 3.62. The number of alkyl halides is 6. The number of amidine groups is 1. The number of anilines is 1. The van der Waals surface area contributed by atoms with E-state index in [9.17, 15) is 31.1 Å². The van der Waals surface area contributed by atoms with Crippen molar-refractivity contribution >= 4 is 24.0 Å². The van der Waals surface area contributed by atoms with Gasteiger partial charge in [0.15, 0.2) is 0 Å². The fourth-order valence-electron chi connectivity index (χ4n) is 2.23. The van der Waals surface area contributed by atoms with Crippen molar-refractivity contribution in [1.82, 2.24) is 15.3 Å². The standard InChI is InChI=1S/C17H14F6N6O/c1-9(13(27-8-24)29-15-25-3-2-4-26-15)28-14(30)10-5-11(16(18,19)20)7-12(6-10)17(21,22)23/h2-9H,1H3,(H,28,30)(H2,24,25,26,27,29)/t9-/m0/s1. The van der Waals surface area contributed by atoms with E-state index in [2.05, 4.69) is 25.6 Å². The molecule has 2 aromatic rings. The lowest BCUT2D eigenvalue weighted by Crippen LogP contribution is -2.42. The first-order chi connectivity index (χ1) is 13.9. The second-order valence-corrected chi connectivity index (χ2v) is 5.83. The van der Waals surface area contributed by atoms with Crippen LogP contribution in [-0.4, -0.2) is 34.1 Å². The van der Waals surface area contributed by atoms with Crippen molar-refractivity contribution in [1.29, 1.82) is 5.41 Å². The highest BCUT2D eigenvalue weighted by Gasteiger charge is 2.37. The number of carbonyl (C=O) groups excluding carboxylic acids is 1. The Morgan fingerprint density at radius 2 is 1.60 bits per heavy atom. The Labute approximate surface area is 165 Å². The first-order valence-electron chi connectivity index (χ1n) is 8.13. The van der Waals surface area contributed by atoms with E-state index in [1.165, 1.54) is 25.4 Å². The molecule has 13 heteroatoms. The van der Waals surface area contributed by atoms with Crippen molar-refractivity contribution in [3.63, 3.8) is 0 Å². The van der Waals surface area contributed by atoms with Crippen molar-refractivity contribution in [3.05, 3.63) is 53.3 Å². The Bertz CT molecular complexity index is 910. The summed E-state index contributed by atoms with van der Waals surface area (Å²) in [6.45, 7) is 1.36. The fraction of sp³-hybridized carbons (Fsp3) is 0.235. The summed E-state index contributed by atoms with van der Waals surface area (Å²) in [5.41, 5.74) is -4.06. The topological polar surface area (TPSA) is 103 Å². The van der Waals surface area contributed by atoms with Gasteiger partial charge >= 0.3 is 12.4 Å². The molecule has 0 saturated carbocycles. The minimum atomic E-state index is -5.08. The number of nitrogens with zero attached hydrogens (tertiary/aromatic N) is 3. The lowest BCUT2D eigenvalue weighted by atomic mass is 10.0. The largest absolute Gasteiger partial charge is 0.416 e. The van der Waals surface area contributed by atoms with Crippen molar-refractivity contribution in [2.45, 2.75) is 25.3 Å². The molecule has 0 bridgehead atoms. The smallest absolute Gasteiger partial charge is 0.342 e. The third kappa shape index (κ3) is 5.99. The molecular weight excluding hydrogens is 418 g/mol. The molecule has 1 heterocycles. The Hall–Kier alpha value is -3.51. The number of amides is 1. The average molecular weight is 432 g/mol. The summed E-state index contributed by atoms with van der Waals surface area (Å²) in [6.07, 6.45) is -6.76. The molecule has 0 fully saturated rings. The highest BCUT2D eigenvalue weighted by molar-refractivity contribution is 6.05. The predicted molar refractivity (Wildman–Crippen MR) is 95.2 cm³/mol. The van der Waals surface area contributed by atoms with Crippen LogP contribution in [0.3, 0.4) is 0 Å². The molecule has 1 atom stereocenters. The molecule has 7 nitrogen and oxygen atoms in total. The van der Waals surface area contributed by atoms with Gasteiger partial charge in [0.25, 0.3) is 5.91 Å². The zero-order chi connectivity index (χ0) is 22.5. The Kier molecular flexibility index (Phi) is 6.74. The molecule has 0 radical (unpaired) electrons. The first-order valence-corrected chi connectivity index (χ1v) is 8.13. The van der Waals surface area contributed by atoms with Crippen LogP contribution in [0.4, 0.5) is 32.3 Å². The van der Waals surface area contributed by atoms with Gasteiger partial charge in [0.2, 0.25) is 5.95 Å².